The number of halogens is 2. The van der Waals surface area contributed by atoms with Crippen LogP contribution < -0.4 is 4.74 Å². The molecule has 2 aromatic heterocycles. The van der Waals surface area contributed by atoms with Crippen molar-refractivity contribution >= 4 is 50.4 Å². The average molecular weight is 722 g/mol. The number of aromatic nitrogens is 3. The van der Waals surface area contributed by atoms with E-state index in [1.165, 1.54) is 0 Å². The number of likely N-dealkylation sites (tertiary alicyclic amines) is 2. The van der Waals surface area contributed by atoms with E-state index in [0.29, 0.717) is 52.3 Å². The van der Waals surface area contributed by atoms with Gasteiger partial charge in [0.05, 0.1) is 41.0 Å². The van der Waals surface area contributed by atoms with Crippen LogP contribution in [-0.4, -0.2) is 74.4 Å². The molecule has 4 heterocycles. The first-order valence-electron chi connectivity index (χ1n) is 17.7. The number of pyridine rings is 1. The number of likely N-dealkylation sites (N-methyl/N-ethyl adjacent to an activating group) is 1. The van der Waals surface area contributed by atoms with E-state index in [1.54, 1.807) is 35.5 Å². The molecule has 3 aromatic carbocycles. The van der Waals surface area contributed by atoms with E-state index < -0.39 is 23.6 Å². The number of imidazole rings is 1. The lowest BCUT2D eigenvalue weighted by atomic mass is 9.93. The highest BCUT2D eigenvalue weighted by atomic mass is 35.5. The first kappa shape index (κ1) is 35.4. The molecule has 2 saturated heterocycles. The Bertz CT molecular complexity index is 2280. The summed E-state index contributed by atoms with van der Waals surface area (Å²) in [6.45, 7) is 8.78. The Hall–Kier alpha value is -4.97. The van der Waals surface area contributed by atoms with Crippen molar-refractivity contribution in [3.8, 4) is 29.1 Å². The number of hydrogen-bond acceptors (Lipinski definition) is 8. The first-order valence-corrected chi connectivity index (χ1v) is 18.1. The lowest BCUT2D eigenvalue weighted by Crippen LogP contribution is -2.48. The van der Waals surface area contributed by atoms with Crippen molar-refractivity contribution in [3.05, 3.63) is 65.2 Å². The smallest absolute Gasteiger partial charge is 0.410 e. The van der Waals surface area contributed by atoms with Crippen LogP contribution in [0.5, 0.6) is 5.88 Å². The van der Waals surface area contributed by atoms with Crippen molar-refractivity contribution in [2.24, 2.45) is 0 Å². The third-order valence-electron chi connectivity index (χ3n) is 10.4. The molecule has 5 aromatic rings. The van der Waals surface area contributed by atoms with E-state index in [4.69, 9.17) is 31.0 Å². The molecule has 0 unspecified atom stereocenters. The van der Waals surface area contributed by atoms with Crippen LogP contribution in [0.1, 0.15) is 71.4 Å². The molecular formula is C40H41ClFN7O3. The highest BCUT2D eigenvalue weighted by molar-refractivity contribution is 6.35. The maximum atomic E-state index is 17.3. The molecule has 0 spiro atoms. The van der Waals surface area contributed by atoms with Gasteiger partial charge in [0.1, 0.15) is 17.2 Å². The maximum Gasteiger partial charge on any atom is 0.410 e. The molecule has 2 aliphatic rings. The molecular weight excluding hydrogens is 681 g/mol. The SMILES string of the molecule is C[C@H](Oc1nc2c(F)c(-c3cccc4cccc(C#N)c34)c(Cl)cc2c2c1ncn2[C@H]1CCN(C(=O)OC(C)(C)C)[C@H](CC#N)C1)[C@@H]1CCCN1C. The number of ether oxygens (including phenoxy) is 2. The Morgan fingerprint density at radius 3 is 2.60 bits per heavy atom. The van der Waals surface area contributed by atoms with Gasteiger partial charge in [0.15, 0.2) is 11.3 Å². The molecule has 1 amide bonds. The minimum Gasteiger partial charge on any atom is -0.471 e. The zero-order chi connectivity index (χ0) is 36.9. The van der Waals surface area contributed by atoms with E-state index in [2.05, 4.69) is 24.1 Å². The topological polar surface area (TPSA) is 120 Å². The third-order valence-corrected chi connectivity index (χ3v) is 10.7. The van der Waals surface area contributed by atoms with Gasteiger partial charge in [-0.2, -0.15) is 10.5 Å². The monoisotopic (exact) mass is 721 g/mol. The van der Waals surface area contributed by atoms with Crippen molar-refractivity contribution in [1.29, 1.82) is 10.5 Å². The summed E-state index contributed by atoms with van der Waals surface area (Å²) in [7, 11) is 2.07. The van der Waals surface area contributed by atoms with Crippen molar-refractivity contribution in [3.63, 3.8) is 0 Å². The molecule has 0 radical (unpaired) electrons. The van der Waals surface area contributed by atoms with E-state index >= 15 is 4.39 Å². The van der Waals surface area contributed by atoms with Crippen LogP contribution in [0.15, 0.2) is 48.8 Å². The molecule has 0 aliphatic carbocycles. The van der Waals surface area contributed by atoms with Crippen molar-refractivity contribution in [2.45, 2.75) is 89.6 Å². The highest BCUT2D eigenvalue weighted by Gasteiger charge is 2.36. The van der Waals surface area contributed by atoms with Crippen molar-refractivity contribution < 1.29 is 18.7 Å². The summed E-state index contributed by atoms with van der Waals surface area (Å²) in [6.07, 6.45) is 4.18. The second-order valence-electron chi connectivity index (χ2n) is 14.9. The van der Waals surface area contributed by atoms with Gasteiger partial charge in [-0.05, 0) is 90.1 Å². The number of nitrogens with zero attached hydrogens (tertiary/aromatic N) is 7. The summed E-state index contributed by atoms with van der Waals surface area (Å²) in [5.41, 5.74) is 1.53. The second-order valence-corrected chi connectivity index (χ2v) is 15.3. The van der Waals surface area contributed by atoms with E-state index in [9.17, 15) is 15.3 Å². The number of piperidine rings is 1. The van der Waals surface area contributed by atoms with Gasteiger partial charge in [-0.3, -0.25) is 4.90 Å². The van der Waals surface area contributed by atoms with Crippen molar-refractivity contribution in [2.75, 3.05) is 20.1 Å². The number of rotatable bonds is 6. The van der Waals surface area contributed by atoms with Gasteiger partial charge in [-0.15, -0.1) is 0 Å². The van der Waals surface area contributed by atoms with Gasteiger partial charge in [0, 0.05) is 41.0 Å². The number of carbonyl (C=O) groups is 1. The minimum atomic E-state index is -0.678. The lowest BCUT2D eigenvalue weighted by molar-refractivity contribution is 0.00618. The Kier molecular flexibility index (Phi) is 9.45. The van der Waals surface area contributed by atoms with Crippen molar-refractivity contribution in [1.82, 2.24) is 24.3 Å². The first-order chi connectivity index (χ1) is 24.9. The fourth-order valence-electron chi connectivity index (χ4n) is 8.01. The summed E-state index contributed by atoms with van der Waals surface area (Å²) < 4.78 is 31.6. The predicted molar refractivity (Wildman–Crippen MR) is 199 cm³/mol. The number of fused-ring (bicyclic) bond motifs is 4. The molecule has 0 saturated carbocycles. The average Bonchev–Trinajstić information content (AvgIpc) is 3.75. The molecule has 268 valence electrons. The number of nitriles is 2. The van der Waals surface area contributed by atoms with Gasteiger partial charge < -0.3 is 18.9 Å². The summed E-state index contributed by atoms with van der Waals surface area (Å²) in [4.78, 5) is 26.7. The maximum absolute atomic E-state index is 17.3. The van der Waals surface area contributed by atoms with E-state index in [0.717, 1.165) is 24.8 Å². The normalized spacial score (nSPS) is 20.2. The summed E-state index contributed by atoms with van der Waals surface area (Å²) in [6, 6.07) is 16.6. The molecule has 2 fully saturated rings. The number of hydrogen-bond donors (Lipinski definition) is 0. The van der Waals surface area contributed by atoms with Gasteiger partial charge in [0.2, 0.25) is 5.88 Å². The zero-order valence-corrected chi connectivity index (χ0v) is 30.7. The summed E-state index contributed by atoms with van der Waals surface area (Å²) in [5.74, 6) is -0.411. The Labute approximate surface area is 307 Å². The molecule has 2 aliphatic heterocycles. The van der Waals surface area contributed by atoms with E-state index in [-0.39, 0.29) is 46.6 Å². The number of benzene rings is 3. The predicted octanol–water partition coefficient (Wildman–Crippen LogP) is 8.78. The summed E-state index contributed by atoms with van der Waals surface area (Å²) >= 11 is 7.03. The Morgan fingerprint density at radius 2 is 1.90 bits per heavy atom. The van der Waals surface area contributed by atoms with Crippen LogP contribution in [0.25, 0.3) is 43.8 Å². The molecule has 0 bridgehead atoms. The van der Waals surface area contributed by atoms with Crippen LogP contribution in [0.3, 0.4) is 0 Å². The fraction of sp³-hybridized carbons (Fsp3) is 0.425. The molecule has 4 atom stereocenters. The van der Waals surface area contributed by atoms with Crippen LogP contribution in [0, 0.1) is 28.5 Å². The number of carbonyl (C=O) groups excluding carboxylic acids is 1. The highest BCUT2D eigenvalue weighted by Crippen LogP contribution is 2.44. The molecule has 52 heavy (non-hydrogen) atoms. The molecule has 12 heteroatoms. The van der Waals surface area contributed by atoms with Gasteiger partial charge in [-0.1, -0.05) is 41.9 Å². The largest absolute Gasteiger partial charge is 0.471 e. The van der Waals surface area contributed by atoms with Gasteiger partial charge >= 0.3 is 6.09 Å². The third kappa shape index (κ3) is 6.37. The Balaban J connectivity index is 1.40. The number of amides is 1. The standard InChI is InChI=1S/C40H41ClFN7O3/c1-23(31-13-8-17-47(31)5)51-38-36-37(49(22-45-36)27-15-18-48(26(19-27)14-16-43)39(50)52-40(2,3)4)29-20-30(41)33(34(42)35(29)46-38)28-12-7-10-24-9-6-11-25(21-44)32(24)28/h6-7,9-12,20,22-23,26-27,31H,8,13-15,17-19H2,1-5H3/t23-,26+,27-,31-/m0/s1. The fourth-order valence-corrected chi connectivity index (χ4v) is 8.31. The minimum absolute atomic E-state index is 0.0711. The molecule has 0 N–H and O–H groups in total. The molecule has 7 rings (SSSR count). The Morgan fingerprint density at radius 1 is 1.13 bits per heavy atom. The van der Waals surface area contributed by atoms with Gasteiger partial charge in [0.25, 0.3) is 0 Å². The molecule has 10 nitrogen and oxygen atoms in total. The van der Waals surface area contributed by atoms with E-state index in [1.807, 2.05) is 50.5 Å². The van der Waals surface area contributed by atoms with Crippen LogP contribution in [0.2, 0.25) is 5.02 Å². The quantitative estimate of drug-likeness (QED) is 0.171. The van der Waals surface area contributed by atoms with Crippen LogP contribution in [0.4, 0.5) is 9.18 Å². The van der Waals surface area contributed by atoms with Crippen LogP contribution >= 0.6 is 11.6 Å². The van der Waals surface area contributed by atoms with Crippen LogP contribution in [-0.2, 0) is 4.74 Å². The summed E-state index contributed by atoms with van der Waals surface area (Å²) in [5, 5.41) is 21.7. The van der Waals surface area contributed by atoms with Gasteiger partial charge in [-0.25, -0.2) is 19.2 Å². The second kappa shape index (κ2) is 13.9. The lowest BCUT2D eigenvalue weighted by Gasteiger charge is -2.39. The zero-order valence-electron chi connectivity index (χ0n) is 30.0.